The largest absolute Gasteiger partial charge is 0.469 e. The van der Waals surface area contributed by atoms with Crippen LogP contribution in [-0.2, 0) is 9.53 Å². The Morgan fingerprint density at radius 3 is 2.38 bits per heavy atom. The van der Waals surface area contributed by atoms with Gasteiger partial charge in [-0.3, -0.25) is 4.79 Å². The van der Waals surface area contributed by atoms with Gasteiger partial charge in [0.1, 0.15) is 0 Å². The van der Waals surface area contributed by atoms with Crippen LogP contribution in [0, 0.1) is 0 Å². The number of rotatable bonds is 10. The molecule has 0 unspecified atom stereocenters. The smallest absolute Gasteiger partial charge is 0.305 e. The third kappa shape index (κ3) is 9.97. The highest BCUT2D eigenvalue weighted by Crippen LogP contribution is 2.11. The molecule has 1 atom stereocenters. The van der Waals surface area contributed by atoms with Crippen LogP contribution < -0.4 is 0 Å². The molecule has 0 aromatic heterocycles. The SMILES string of the molecule is CCCCCCCC[C@@H](O)CCC(=O)OC. The summed E-state index contributed by atoms with van der Waals surface area (Å²) in [4.78, 5) is 10.8. The van der Waals surface area contributed by atoms with Crippen LogP contribution in [-0.4, -0.2) is 24.3 Å². The Morgan fingerprint density at radius 2 is 1.75 bits per heavy atom. The number of aliphatic hydroxyl groups is 1. The monoisotopic (exact) mass is 230 g/mol. The molecule has 96 valence electrons. The van der Waals surface area contributed by atoms with E-state index in [9.17, 15) is 9.90 Å². The number of carbonyl (C=O) groups excluding carboxylic acids is 1. The van der Waals surface area contributed by atoms with Gasteiger partial charge < -0.3 is 9.84 Å². The van der Waals surface area contributed by atoms with Crippen molar-refractivity contribution in [3.8, 4) is 0 Å². The van der Waals surface area contributed by atoms with Crippen molar-refractivity contribution in [2.75, 3.05) is 7.11 Å². The molecule has 0 saturated heterocycles. The Balaban J connectivity index is 3.23. The number of carbonyl (C=O) groups is 1. The zero-order valence-corrected chi connectivity index (χ0v) is 10.7. The van der Waals surface area contributed by atoms with Gasteiger partial charge in [-0.25, -0.2) is 0 Å². The number of aliphatic hydroxyl groups excluding tert-OH is 1. The van der Waals surface area contributed by atoms with Gasteiger partial charge in [0.15, 0.2) is 0 Å². The Hall–Kier alpha value is -0.570. The van der Waals surface area contributed by atoms with E-state index in [0.29, 0.717) is 12.8 Å². The Bertz CT molecular complexity index is 169. The van der Waals surface area contributed by atoms with E-state index in [-0.39, 0.29) is 12.1 Å². The van der Waals surface area contributed by atoms with Gasteiger partial charge >= 0.3 is 5.97 Å². The summed E-state index contributed by atoms with van der Waals surface area (Å²) in [5.74, 6) is -0.234. The third-order valence-electron chi connectivity index (χ3n) is 2.80. The lowest BCUT2D eigenvalue weighted by Crippen LogP contribution is -2.10. The highest BCUT2D eigenvalue weighted by atomic mass is 16.5. The zero-order chi connectivity index (χ0) is 12.2. The molecule has 0 aromatic rings. The summed E-state index contributed by atoms with van der Waals surface area (Å²) in [5, 5.41) is 9.59. The van der Waals surface area contributed by atoms with Gasteiger partial charge in [0.25, 0.3) is 0 Å². The van der Waals surface area contributed by atoms with Crippen molar-refractivity contribution in [3.63, 3.8) is 0 Å². The van der Waals surface area contributed by atoms with Gasteiger partial charge in [-0.2, -0.15) is 0 Å². The molecule has 0 radical (unpaired) electrons. The summed E-state index contributed by atoms with van der Waals surface area (Å²) in [7, 11) is 1.38. The van der Waals surface area contributed by atoms with Crippen LogP contribution in [0.2, 0.25) is 0 Å². The van der Waals surface area contributed by atoms with Gasteiger partial charge in [-0.1, -0.05) is 45.4 Å². The summed E-state index contributed by atoms with van der Waals surface area (Å²) in [5.41, 5.74) is 0. The standard InChI is InChI=1S/C13H26O3/c1-3-4-5-6-7-8-9-12(14)10-11-13(15)16-2/h12,14H,3-11H2,1-2H3/t12-/m1/s1. The molecule has 0 aliphatic heterocycles. The summed E-state index contributed by atoms with van der Waals surface area (Å²) >= 11 is 0. The van der Waals surface area contributed by atoms with E-state index >= 15 is 0 Å². The van der Waals surface area contributed by atoms with Crippen molar-refractivity contribution < 1.29 is 14.6 Å². The molecule has 0 spiro atoms. The molecule has 0 aromatic carbocycles. The maximum Gasteiger partial charge on any atom is 0.305 e. The van der Waals surface area contributed by atoms with Crippen LogP contribution in [0.4, 0.5) is 0 Å². The van der Waals surface area contributed by atoms with Gasteiger partial charge in [0, 0.05) is 6.42 Å². The van der Waals surface area contributed by atoms with Crippen molar-refractivity contribution in [2.45, 2.75) is 70.8 Å². The summed E-state index contributed by atoms with van der Waals surface area (Å²) < 4.78 is 4.52. The Morgan fingerprint density at radius 1 is 1.12 bits per heavy atom. The van der Waals surface area contributed by atoms with E-state index in [0.717, 1.165) is 12.8 Å². The average molecular weight is 230 g/mol. The lowest BCUT2D eigenvalue weighted by Gasteiger charge is -2.09. The number of unbranched alkanes of at least 4 members (excludes halogenated alkanes) is 5. The van der Waals surface area contributed by atoms with Gasteiger partial charge in [-0.15, -0.1) is 0 Å². The second kappa shape index (κ2) is 10.9. The maximum absolute atomic E-state index is 10.8. The van der Waals surface area contributed by atoms with Crippen LogP contribution >= 0.6 is 0 Å². The Labute approximate surface area is 99.2 Å². The van der Waals surface area contributed by atoms with Crippen molar-refractivity contribution in [3.05, 3.63) is 0 Å². The van der Waals surface area contributed by atoms with Gasteiger partial charge in [0.2, 0.25) is 0 Å². The lowest BCUT2D eigenvalue weighted by atomic mass is 10.0. The lowest BCUT2D eigenvalue weighted by molar-refractivity contribution is -0.141. The molecular weight excluding hydrogens is 204 g/mol. The first kappa shape index (κ1) is 15.4. The highest BCUT2D eigenvalue weighted by Gasteiger charge is 2.07. The molecule has 0 fully saturated rings. The quantitative estimate of drug-likeness (QED) is 0.463. The number of hydrogen-bond acceptors (Lipinski definition) is 3. The first-order chi connectivity index (χ1) is 7.70. The number of methoxy groups -OCH3 is 1. The van der Waals surface area contributed by atoms with Crippen LogP contribution in [0.25, 0.3) is 0 Å². The van der Waals surface area contributed by atoms with E-state index in [1.54, 1.807) is 0 Å². The minimum atomic E-state index is -0.342. The second-order valence-electron chi connectivity index (χ2n) is 4.33. The maximum atomic E-state index is 10.8. The molecule has 0 rings (SSSR count). The van der Waals surface area contributed by atoms with Gasteiger partial charge in [0.05, 0.1) is 13.2 Å². The minimum Gasteiger partial charge on any atom is -0.469 e. The minimum absolute atomic E-state index is 0.234. The third-order valence-corrected chi connectivity index (χ3v) is 2.80. The van der Waals surface area contributed by atoms with Crippen molar-refractivity contribution in [1.82, 2.24) is 0 Å². The Kier molecular flexibility index (Phi) is 10.5. The van der Waals surface area contributed by atoms with Crippen molar-refractivity contribution >= 4 is 5.97 Å². The first-order valence-electron chi connectivity index (χ1n) is 6.45. The molecule has 0 heterocycles. The second-order valence-corrected chi connectivity index (χ2v) is 4.33. The molecule has 16 heavy (non-hydrogen) atoms. The number of ether oxygens (including phenoxy) is 1. The average Bonchev–Trinajstić information content (AvgIpc) is 2.30. The zero-order valence-electron chi connectivity index (χ0n) is 10.7. The molecule has 0 saturated carbocycles. The molecule has 0 aliphatic rings. The topological polar surface area (TPSA) is 46.5 Å². The van der Waals surface area contributed by atoms with Crippen molar-refractivity contribution in [1.29, 1.82) is 0 Å². The van der Waals surface area contributed by atoms with E-state index in [4.69, 9.17) is 0 Å². The van der Waals surface area contributed by atoms with E-state index in [1.807, 2.05) is 0 Å². The predicted molar refractivity (Wildman–Crippen MR) is 65.2 cm³/mol. The molecular formula is C13H26O3. The summed E-state index contributed by atoms with van der Waals surface area (Å²) in [6.45, 7) is 2.20. The normalized spacial score (nSPS) is 12.4. The van der Waals surface area contributed by atoms with Gasteiger partial charge in [-0.05, 0) is 12.8 Å². The number of esters is 1. The molecule has 0 bridgehead atoms. The molecule has 0 aliphatic carbocycles. The van der Waals surface area contributed by atoms with E-state index in [1.165, 1.54) is 39.2 Å². The highest BCUT2D eigenvalue weighted by molar-refractivity contribution is 5.69. The summed E-state index contributed by atoms with van der Waals surface area (Å²) in [6.07, 6.45) is 8.71. The molecule has 1 N–H and O–H groups in total. The van der Waals surface area contributed by atoms with Crippen LogP contribution in [0.3, 0.4) is 0 Å². The van der Waals surface area contributed by atoms with Crippen LogP contribution in [0.15, 0.2) is 0 Å². The molecule has 0 amide bonds. The van der Waals surface area contributed by atoms with Crippen LogP contribution in [0.5, 0.6) is 0 Å². The fraction of sp³-hybridized carbons (Fsp3) is 0.923. The van der Waals surface area contributed by atoms with Crippen LogP contribution in [0.1, 0.15) is 64.7 Å². The van der Waals surface area contributed by atoms with Crippen molar-refractivity contribution in [2.24, 2.45) is 0 Å². The first-order valence-corrected chi connectivity index (χ1v) is 6.45. The molecule has 3 heteroatoms. The molecule has 3 nitrogen and oxygen atoms in total. The fourth-order valence-corrected chi connectivity index (χ4v) is 1.69. The number of hydrogen-bond donors (Lipinski definition) is 1. The van der Waals surface area contributed by atoms with E-state index < -0.39 is 0 Å². The summed E-state index contributed by atoms with van der Waals surface area (Å²) in [6, 6.07) is 0. The predicted octanol–water partition coefficient (Wildman–Crippen LogP) is 3.05. The van der Waals surface area contributed by atoms with E-state index in [2.05, 4.69) is 11.7 Å². The fourth-order valence-electron chi connectivity index (χ4n) is 1.69.